The first-order chi connectivity index (χ1) is 11.6. The van der Waals surface area contributed by atoms with Gasteiger partial charge in [0.15, 0.2) is 5.82 Å². The first kappa shape index (κ1) is 16.7. The van der Waals surface area contributed by atoms with Crippen molar-refractivity contribution in [1.82, 2.24) is 24.8 Å². The van der Waals surface area contributed by atoms with Gasteiger partial charge in [-0.1, -0.05) is 12.1 Å². The number of hydrogen-bond donors (Lipinski definition) is 0. The smallest absolute Gasteiger partial charge is 0.249 e. The summed E-state index contributed by atoms with van der Waals surface area (Å²) in [5, 5.41) is 8.40. The van der Waals surface area contributed by atoms with Crippen LogP contribution in [0.3, 0.4) is 0 Å². The lowest BCUT2D eigenvalue weighted by molar-refractivity contribution is -0.136. The lowest BCUT2D eigenvalue weighted by Gasteiger charge is -2.33. The van der Waals surface area contributed by atoms with Gasteiger partial charge >= 0.3 is 0 Å². The van der Waals surface area contributed by atoms with Gasteiger partial charge in [0.2, 0.25) is 11.8 Å². The van der Waals surface area contributed by atoms with Crippen molar-refractivity contribution < 1.29 is 9.32 Å². The third kappa shape index (κ3) is 3.49. The Bertz CT molecular complexity index is 706. The standard InChI is InChI=1S/C17H25N5O2/c1-4-15-18-17(24-20-15)14-7-5-6-9-21(14)16(23)8-10-22-13(3)11-12(2)19-22/h11,14H,4-10H2,1-3H3/t14-/m1/s1. The maximum absolute atomic E-state index is 12.7. The molecule has 0 unspecified atom stereocenters. The van der Waals surface area contributed by atoms with E-state index in [0.717, 1.165) is 43.6 Å². The SMILES string of the molecule is CCc1noc([C@H]2CCCCN2C(=O)CCn2nc(C)cc2C)n1. The van der Waals surface area contributed by atoms with Crippen LogP contribution < -0.4 is 0 Å². The van der Waals surface area contributed by atoms with Crippen LogP contribution in [0.15, 0.2) is 10.6 Å². The molecule has 0 saturated carbocycles. The second-order valence-electron chi connectivity index (χ2n) is 6.40. The first-order valence-electron chi connectivity index (χ1n) is 8.71. The zero-order valence-corrected chi connectivity index (χ0v) is 14.7. The fourth-order valence-electron chi connectivity index (χ4n) is 3.28. The van der Waals surface area contributed by atoms with Gasteiger partial charge in [-0.3, -0.25) is 9.48 Å². The number of likely N-dealkylation sites (tertiary alicyclic amines) is 1. The molecule has 1 atom stereocenters. The Hall–Kier alpha value is -2.18. The molecule has 0 bridgehead atoms. The minimum atomic E-state index is -0.0838. The molecule has 0 aliphatic carbocycles. The van der Waals surface area contributed by atoms with Crippen LogP contribution in [0, 0.1) is 13.8 Å². The lowest BCUT2D eigenvalue weighted by atomic mass is 10.0. The zero-order valence-electron chi connectivity index (χ0n) is 14.7. The molecule has 3 heterocycles. The van der Waals surface area contributed by atoms with Gasteiger partial charge in [0.25, 0.3) is 0 Å². The molecule has 1 saturated heterocycles. The second-order valence-corrected chi connectivity index (χ2v) is 6.40. The molecule has 1 fully saturated rings. The predicted molar refractivity (Wildman–Crippen MR) is 88.3 cm³/mol. The summed E-state index contributed by atoms with van der Waals surface area (Å²) < 4.78 is 7.28. The van der Waals surface area contributed by atoms with E-state index in [1.165, 1.54) is 0 Å². The second kappa shape index (κ2) is 7.15. The molecule has 3 rings (SSSR count). The van der Waals surface area contributed by atoms with E-state index >= 15 is 0 Å². The highest BCUT2D eigenvalue weighted by atomic mass is 16.5. The van der Waals surface area contributed by atoms with Crippen molar-refractivity contribution in [3.05, 3.63) is 29.2 Å². The molecule has 1 aliphatic rings. The van der Waals surface area contributed by atoms with Gasteiger partial charge in [-0.15, -0.1) is 0 Å². The molecule has 1 amide bonds. The van der Waals surface area contributed by atoms with Crippen molar-refractivity contribution in [2.45, 2.75) is 65.5 Å². The highest BCUT2D eigenvalue weighted by Crippen LogP contribution is 2.30. The van der Waals surface area contributed by atoms with Gasteiger partial charge in [0, 0.05) is 31.6 Å². The monoisotopic (exact) mass is 331 g/mol. The van der Waals surface area contributed by atoms with E-state index in [1.807, 2.05) is 36.4 Å². The number of amides is 1. The van der Waals surface area contributed by atoms with Crippen LogP contribution in [-0.2, 0) is 17.8 Å². The number of nitrogens with zero attached hydrogens (tertiary/aromatic N) is 5. The molecular weight excluding hydrogens is 306 g/mol. The van der Waals surface area contributed by atoms with Gasteiger partial charge in [0.1, 0.15) is 6.04 Å². The number of rotatable bonds is 5. The molecule has 0 N–H and O–H groups in total. The van der Waals surface area contributed by atoms with Crippen LogP contribution in [0.1, 0.15) is 61.8 Å². The minimum absolute atomic E-state index is 0.0838. The Balaban J connectivity index is 1.68. The molecule has 0 spiro atoms. The summed E-state index contributed by atoms with van der Waals surface area (Å²) in [6.45, 7) is 7.33. The molecule has 1 aliphatic heterocycles. The lowest BCUT2D eigenvalue weighted by Crippen LogP contribution is -2.39. The fourth-order valence-corrected chi connectivity index (χ4v) is 3.28. The van der Waals surface area contributed by atoms with Crippen LogP contribution in [0.25, 0.3) is 0 Å². The summed E-state index contributed by atoms with van der Waals surface area (Å²) in [6.07, 6.45) is 4.17. The predicted octanol–water partition coefficient (Wildman–Crippen LogP) is 2.59. The fraction of sp³-hybridized carbons (Fsp3) is 0.647. The maximum atomic E-state index is 12.7. The zero-order chi connectivity index (χ0) is 17.1. The van der Waals surface area contributed by atoms with Crippen molar-refractivity contribution in [2.75, 3.05) is 6.54 Å². The Morgan fingerprint density at radius 1 is 1.38 bits per heavy atom. The largest absolute Gasteiger partial charge is 0.337 e. The Morgan fingerprint density at radius 3 is 2.88 bits per heavy atom. The number of carbonyl (C=O) groups excluding carboxylic acids is 1. The molecule has 2 aromatic rings. The van der Waals surface area contributed by atoms with Crippen LogP contribution >= 0.6 is 0 Å². The average molecular weight is 331 g/mol. The van der Waals surface area contributed by atoms with Crippen LogP contribution in [-0.4, -0.2) is 37.3 Å². The van der Waals surface area contributed by atoms with E-state index in [-0.39, 0.29) is 11.9 Å². The summed E-state index contributed by atoms with van der Waals surface area (Å²) in [6, 6.07) is 1.94. The van der Waals surface area contributed by atoms with Gasteiger partial charge in [-0.05, 0) is 39.2 Å². The maximum Gasteiger partial charge on any atom is 0.249 e. The highest BCUT2D eigenvalue weighted by molar-refractivity contribution is 5.76. The summed E-state index contributed by atoms with van der Waals surface area (Å²) in [7, 11) is 0. The topological polar surface area (TPSA) is 77.0 Å². The van der Waals surface area contributed by atoms with Gasteiger partial charge in [0.05, 0.1) is 5.69 Å². The van der Waals surface area contributed by atoms with Gasteiger partial charge in [-0.25, -0.2) is 0 Å². The Labute approximate surface area is 142 Å². The number of hydrogen-bond acceptors (Lipinski definition) is 5. The van der Waals surface area contributed by atoms with E-state index in [1.54, 1.807) is 0 Å². The third-order valence-electron chi connectivity index (χ3n) is 4.55. The molecule has 130 valence electrons. The van der Waals surface area contributed by atoms with Crippen LogP contribution in [0.4, 0.5) is 0 Å². The number of piperidine rings is 1. The van der Waals surface area contributed by atoms with Crippen molar-refractivity contribution in [3.8, 4) is 0 Å². The first-order valence-corrected chi connectivity index (χ1v) is 8.71. The van der Waals surface area contributed by atoms with Gasteiger partial charge in [-0.2, -0.15) is 10.1 Å². The molecule has 0 radical (unpaired) electrons. The van der Waals surface area contributed by atoms with Crippen molar-refractivity contribution in [1.29, 1.82) is 0 Å². The number of aryl methyl sites for hydroxylation is 4. The number of carbonyl (C=O) groups is 1. The summed E-state index contributed by atoms with van der Waals surface area (Å²) in [5.74, 6) is 1.40. The third-order valence-corrected chi connectivity index (χ3v) is 4.55. The quantitative estimate of drug-likeness (QED) is 0.841. The normalized spacial score (nSPS) is 18.1. The Morgan fingerprint density at radius 2 is 2.21 bits per heavy atom. The van der Waals surface area contributed by atoms with Crippen LogP contribution in [0.2, 0.25) is 0 Å². The van der Waals surface area contributed by atoms with Gasteiger partial charge < -0.3 is 9.42 Å². The molecule has 2 aromatic heterocycles. The van der Waals surface area contributed by atoms with Crippen LogP contribution in [0.5, 0.6) is 0 Å². The van der Waals surface area contributed by atoms with E-state index in [0.29, 0.717) is 24.7 Å². The average Bonchev–Trinajstić information content (AvgIpc) is 3.18. The molecule has 24 heavy (non-hydrogen) atoms. The summed E-state index contributed by atoms with van der Waals surface area (Å²) in [4.78, 5) is 19.1. The van der Waals surface area contributed by atoms with E-state index in [2.05, 4.69) is 15.2 Å². The van der Waals surface area contributed by atoms with E-state index in [4.69, 9.17) is 4.52 Å². The van der Waals surface area contributed by atoms with Crippen molar-refractivity contribution in [3.63, 3.8) is 0 Å². The molecule has 7 nitrogen and oxygen atoms in total. The molecule has 0 aromatic carbocycles. The molecular formula is C17H25N5O2. The van der Waals surface area contributed by atoms with Crippen molar-refractivity contribution >= 4 is 5.91 Å². The van der Waals surface area contributed by atoms with Crippen molar-refractivity contribution in [2.24, 2.45) is 0 Å². The molecule has 7 heteroatoms. The minimum Gasteiger partial charge on any atom is -0.337 e. The van der Waals surface area contributed by atoms with E-state index in [9.17, 15) is 4.79 Å². The summed E-state index contributed by atoms with van der Waals surface area (Å²) in [5.41, 5.74) is 2.06. The summed E-state index contributed by atoms with van der Waals surface area (Å²) >= 11 is 0. The number of aromatic nitrogens is 4. The van der Waals surface area contributed by atoms with E-state index < -0.39 is 0 Å². The Kier molecular flexibility index (Phi) is 4.97. The highest BCUT2D eigenvalue weighted by Gasteiger charge is 2.31.